The van der Waals surface area contributed by atoms with Gasteiger partial charge in [-0.15, -0.1) is 0 Å². The highest BCUT2D eigenvalue weighted by Crippen LogP contribution is 2.45. The highest BCUT2D eigenvalue weighted by Gasteiger charge is 2.33. The number of ether oxygens (including phenoxy) is 1. The molecule has 0 spiro atoms. The van der Waals surface area contributed by atoms with Crippen molar-refractivity contribution in [3.05, 3.63) is 64.5 Å². The predicted molar refractivity (Wildman–Crippen MR) is 104 cm³/mol. The molecule has 2 aromatic rings. The zero-order valence-corrected chi connectivity index (χ0v) is 16.6. The van der Waals surface area contributed by atoms with Crippen LogP contribution in [0.25, 0.3) is 0 Å². The molecule has 1 heterocycles. The van der Waals surface area contributed by atoms with Crippen molar-refractivity contribution in [2.24, 2.45) is 5.92 Å². The number of rotatable bonds is 7. The van der Waals surface area contributed by atoms with Crippen LogP contribution in [0.1, 0.15) is 60.1 Å². The maximum atomic E-state index is 14.2. The van der Waals surface area contributed by atoms with E-state index in [1.165, 1.54) is 25.1 Å². The van der Waals surface area contributed by atoms with Crippen LogP contribution in [0.2, 0.25) is 0 Å². The van der Waals surface area contributed by atoms with Gasteiger partial charge in [0.2, 0.25) is 0 Å². The Morgan fingerprint density at radius 1 is 1.10 bits per heavy atom. The average Bonchev–Trinajstić information content (AvgIpc) is 3.44. The first-order chi connectivity index (χ1) is 13.8. The van der Waals surface area contributed by atoms with E-state index in [0.29, 0.717) is 23.8 Å². The Hall–Kier alpha value is -2.34. The van der Waals surface area contributed by atoms with Gasteiger partial charge in [-0.1, -0.05) is 0 Å². The first kappa shape index (κ1) is 20.0. The summed E-state index contributed by atoms with van der Waals surface area (Å²) in [7, 11) is 0. The van der Waals surface area contributed by atoms with Crippen LogP contribution in [0, 0.1) is 23.4 Å². The standard InChI is InChI=1S/C23H24F3NO2/c1-13(17-5-18(24)7-19(25)6-17)27-10-15(11-27)12-29-23-9-22(26)20(14(2)28)8-21(23)16-3-4-16/h5-9,13,15-16H,3-4,10-12H2,1-2H3. The number of likely N-dealkylation sites (tertiary alicyclic amines) is 1. The fourth-order valence-corrected chi connectivity index (χ4v) is 3.95. The van der Waals surface area contributed by atoms with Crippen molar-refractivity contribution in [1.29, 1.82) is 0 Å². The van der Waals surface area contributed by atoms with Gasteiger partial charge in [0.05, 0.1) is 12.2 Å². The molecule has 6 heteroatoms. The number of Topliss-reactive ketones (excluding diaryl/α,β-unsaturated/α-hetero) is 1. The number of carbonyl (C=O) groups is 1. The van der Waals surface area contributed by atoms with E-state index in [4.69, 9.17) is 4.74 Å². The van der Waals surface area contributed by atoms with Gasteiger partial charge in [-0.3, -0.25) is 9.69 Å². The van der Waals surface area contributed by atoms with Crippen molar-refractivity contribution >= 4 is 5.78 Å². The van der Waals surface area contributed by atoms with Crippen molar-refractivity contribution in [3.63, 3.8) is 0 Å². The number of hydrogen-bond acceptors (Lipinski definition) is 3. The SMILES string of the molecule is CC(=O)c1cc(C2CC2)c(OCC2CN(C(C)c3cc(F)cc(F)c3)C2)cc1F. The van der Waals surface area contributed by atoms with Crippen molar-refractivity contribution < 1.29 is 22.7 Å². The molecule has 154 valence electrons. The van der Waals surface area contributed by atoms with E-state index in [2.05, 4.69) is 4.90 Å². The summed E-state index contributed by atoms with van der Waals surface area (Å²) < 4.78 is 47.1. The Morgan fingerprint density at radius 2 is 1.76 bits per heavy atom. The minimum Gasteiger partial charge on any atom is -0.493 e. The lowest BCUT2D eigenvalue weighted by molar-refractivity contribution is 0.0305. The van der Waals surface area contributed by atoms with Crippen LogP contribution < -0.4 is 4.74 Å². The van der Waals surface area contributed by atoms with Crippen LogP contribution in [0.3, 0.4) is 0 Å². The lowest BCUT2D eigenvalue weighted by Crippen LogP contribution is -2.50. The summed E-state index contributed by atoms with van der Waals surface area (Å²) in [6, 6.07) is 6.47. The third-order valence-corrected chi connectivity index (χ3v) is 5.87. The highest BCUT2D eigenvalue weighted by molar-refractivity contribution is 5.94. The number of halogens is 3. The van der Waals surface area contributed by atoms with E-state index in [0.717, 1.165) is 37.6 Å². The number of hydrogen-bond donors (Lipinski definition) is 0. The van der Waals surface area contributed by atoms with Crippen LogP contribution in [-0.4, -0.2) is 30.4 Å². The zero-order chi connectivity index (χ0) is 20.7. The molecule has 1 unspecified atom stereocenters. The lowest BCUT2D eigenvalue weighted by atomic mass is 9.95. The molecular weight excluding hydrogens is 379 g/mol. The molecular formula is C23H24F3NO2. The smallest absolute Gasteiger partial charge is 0.162 e. The number of carbonyl (C=O) groups excluding carboxylic acids is 1. The maximum absolute atomic E-state index is 14.2. The average molecular weight is 403 g/mol. The molecule has 0 N–H and O–H groups in total. The normalized spacial score (nSPS) is 18.4. The summed E-state index contributed by atoms with van der Waals surface area (Å²) in [5, 5.41) is 0. The second kappa shape index (κ2) is 7.82. The second-order valence-electron chi connectivity index (χ2n) is 8.21. The molecule has 2 fully saturated rings. The lowest BCUT2D eigenvalue weighted by Gasteiger charge is -2.43. The van der Waals surface area contributed by atoms with Gasteiger partial charge in [0.25, 0.3) is 0 Å². The zero-order valence-electron chi connectivity index (χ0n) is 16.6. The van der Waals surface area contributed by atoms with E-state index in [1.54, 1.807) is 6.07 Å². The van der Waals surface area contributed by atoms with Gasteiger partial charge in [-0.2, -0.15) is 0 Å². The van der Waals surface area contributed by atoms with Crippen molar-refractivity contribution in [1.82, 2.24) is 4.90 Å². The Morgan fingerprint density at radius 3 is 2.34 bits per heavy atom. The predicted octanol–water partition coefficient (Wildman–Crippen LogP) is 5.26. The Bertz CT molecular complexity index is 916. The van der Waals surface area contributed by atoms with Crippen molar-refractivity contribution in [2.75, 3.05) is 19.7 Å². The number of nitrogens with zero attached hydrogens (tertiary/aromatic N) is 1. The van der Waals surface area contributed by atoms with Crippen LogP contribution >= 0.6 is 0 Å². The topological polar surface area (TPSA) is 29.5 Å². The summed E-state index contributed by atoms with van der Waals surface area (Å²) in [6.07, 6.45) is 2.05. The molecule has 0 amide bonds. The fraction of sp³-hybridized carbons (Fsp3) is 0.435. The van der Waals surface area contributed by atoms with Crippen LogP contribution in [-0.2, 0) is 0 Å². The molecule has 0 bridgehead atoms. The minimum atomic E-state index is -0.573. The molecule has 1 aliphatic heterocycles. The van der Waals surface area contributed by atoms with Crippen molar-refractivity contribution in [2.45, 2.75) is 38.6 Å². The van der Waals surface area contributed by atoms with Crippen LogP contribution in [0.5, 0.6) is 5.75 Å². The van der Waals surface area contributed by atoms with E-state index < -0.39 is 17.5 Å². The van der Waals surface area contributed by atoms with Gasteiger partial charge < -0.3 is 4.74 Å². The van der Waals surface area contributed by atoms with Gasteiger partial charge in [0.1, 0.15) is 23.2 Å². The van der Waals surface area contributed by atoms with Crippen LogP contribution in [0.4, 0.5) is 13.2 Å². The van der Waals surface area contributed by atoms with Crippen molar-refractivity contribution in [3.8, 4) is 5.75 Å². The molecule has 3 nitrogen and oxygen atoms in total. The number of benzene rings is 2. The summed E-state index contributed by atoms with van der Waals surface area (Å²) in [6.45, 7) is 5.22. The van der Waals surface area contributed by atoms with Gasteiger partial charge in [0.15, 0.2) is 5.78 Å². The first-order valence-electron chi connectivity index (χ1n) is 9.99. The Kier molecular flexibility index (Phi) is 5.38. The largest absolute Gasteiger partial charge is 0.493 e. The molecule has 0 radical (unpaired) electrons. The summed E-state index contributed by atoms with van der Waals surface area (Å²) in [5.74, 6) is -0.856. The van der Waals surface area contributed by atoms with Gasteiger partial charge in [-0.05, 0) is 61.9 Å². The molecule has 29 heavy (non-hydrogen) atoms. The molecule has 1 aliphatic carbocycles. The molecule has 4 rings (SSSR count). The quantitative estimate of drug-likeness (QED) is 0.591. The minimum absolute atomic E-state index is 0.0919. The van der Waals surface area contributed by atoms with E-state index >= 15 is 0 Å². The maximum Gasteiger partial charge on any atom is 0.162 e. The van der Waals surface area contributed by atoms with Gasteiger partial charge in [-0.25, -0.2) is 13.2 Å². The Balaban J connectivity index is 1.37. The molecule has 2 aliphatic rings. The fourth-order valence-electron chi connectivity index (χ4n) is 3.95. The van der Waals surface area contributed by atoms with Gasteiger partial charge >= 0.3 is 0 Å². The monoisotopic (exact) mass is 403 g/mol. The molecule has 1 saturated carbocycles. The van der Waals surface area contributed by atoms with Gasteiger partial charge in [0, 0.05) is 37.2 Å². The van der Waals surface area contributed by atoms with Crippen LogP contribution in [0.15, 0.2) is 30.3 Å². The summed E-state index contributed by atoms with van der Waals surface area (Å²) in [5.41, 5.74) is 1.64. The molecule has 2 aromatic carbocycles. The molecule has 1 atom stereocenters. The molecule has 0 aromatic heterocycles. The summed E-state index contributed by atoms with van der Waals surface area (Å²) in [4.78, 5) is 13.7. The first-order valence-corrected chi connectivity index (χ1v) is 9.99. The summed E-state index contributed by atoms with van der Waals surface area (Å²) >= 11 is 0. The van der Waals surface area contributed by atoms with E-state index in [9.17, 15) is 18.0 Å². The third-order valence-electron chi connectivity index (χ3n) is 5.87. The number of ketones is 1. The van der Waals surface area contributed by atoms with E-state index in [1.807, 2.05) is 6.92 Å². The molecule has 1 saturated heterocycles. The van der Waals surface area contributed by atoms with E-state index in [-0.39, 0.29) is 23.3 Å². The Labute approximate surface area is 168 Å². The second-order valence-corrected chi connectivity index (χ2v) is 8.21. The third kappa shape index (κ3) is 4.32. The highest BCUT2D eigenvalue weighted by atomic mass is 19.1.